The van der Waals surface area contributed by atoms with Gasteiger partial charge in [0.1, 0.15) is 0 Å². The van der Waals surface area contributed by atoms with Crippen LogP contribution in [0.2, 0.25) is 5.02 Å². The Morgan fingerprint density at radius 3 is 2.55 bits per heavy atom. The molecule has 2 rings (SSSR count). The van der Waals surface area contributed by atoms with Gasteiger partial charge in [-0.15, -0.1) is 6.58 Å². The molecule has 1 nitrogen and oxygen atoms in total. The molecule has 0 aliphatic carbocycles. The van der Waals surface area contributed by atoms with Crippen molar-refractivity contribution in [2.24, 2.45) is 5.73 Å². The second kappa shape index (κ2) is 7.53. The van der Waals surface area contributed by atoms with Crippen molar-refractivity contribution in [3.63, 3.8) is 0 Å². The number of hydrogen-bond donors (Lipinski definition) is 1. The van der Waals surface area contributed by atoms with Gasteiger partial charge >= 0.3 is 0 Å². The van der Waals surface area contributed by atoms with E-state index in [4.69, 9.17) is 17.3 Å². The van der Waals surface area contributed by atoms with Gasteiger partial charge in [-0.05, 0) is 48.7 Å². The first-order valence-electron chi connectivity index (χ1n) is 6.59. The zero-order chi connectivity index (χ0) is 14.4. The summed E-state index contributed by atoms with van der Waals surface area (Å²) in [6, 6.07) is 16.2. The number of rotatable bonds is 6. The summed E-state index contributed by atoms with van der Waals surface area (Å²) in [7, 11) is 0. The van der Waals surface area contributed by atoms with Gasteiger partial charge in [0.2, 0.25) is 0 Å². The lowest BCUT2D eigenvalue weighted by atomic mass is 10.0. The molecular formula is C17H18ClNS. The summed E-state index contributed by atoms with van der Waals surface area (Å²) in [4.78, 5) is 2.36. The van der Waals surface area contributed by atoms with Crippen LogP contribution in [-0.4, -0.2) is 0 Å². The maximum absolute atomic E-state index is 6.28. The van der Waals surface area contributed by atoms with E-state index >= 15 is 0 Å². The molecule has 0 saturated heterocycles. The largest absolute Gasteiger partial charge is 0.324 e. The predicted octanol–water partition coefficient (Wildman–Crippen LogP) is 5.46. The molecule has 3 heteroatoms. The average molecular weight is 304 g/mol. The van der Waals surface area contributed by atoms with Gasteiger partial charge in [-0.1, -0.05) is 47.6 Å². The highest BCUT2D eigenvalue weighted by Gasteiger charge is 2.11. The Hall–Kier alpha value is -1.22. The van der Waals surface area contributed by atoms with Crippen molar-refractivity contribution >= 4 is 23.4 Å². The molecule has 0 bridgehead atoms. The highest BCUT2D eigenvalue weighted by Crippen LogP contribution is 2.34. The minimum Gasteiger partial charge on any atom is -0.324 e. The molecule has 2 aromatic rings. The van der Waals surface area contributed by atoms with Crippen LogP contribution in [0.3, 0.4) is 0 Å². The Bertz CT molecular complexity index is 565. The summed E-state index contributed by atoms with van der Waals surface area (Å²) in [5.41, 5.74) is 7.47. The number of benzene rings is 2. The van der Waals surface area contributed by atoms with Gasteiger partial charge in [0.05, 0.1) is 0 Å². The lowest BCUT2D eigenvalue weighted by molar-refractivity contribution is 0.650. The minimum absolute atomic E-state index is 0.0454. The van der Waals surface area contributed by atoms with E-state index in [2.05, 4.69) is 18.7 Å². The van der Waals surface area contributed by atoms with E-state index in [1.54, 1.807) is 11.8 Å². The molecule has 20 heavy (non-hydrogen) atoms. The summed E-state index contributed by atoms with van der Waals surface area (Å²) in [5.74, 6) is 0. The zero-order valence-corrected chi connectivity index (χ0v) is 12.8. The quantitative estimate of drug-likeness (QED) is 0.717. The van der Waals surface area contributed by atoms with Crippen LogP contribution < -0.4 is 5.73 Å². The highest BCUT2D eigenvalue weighted by atomic mass is 35.5. The fraction of sp³-hybridized carbons (Fsp3) is 0.176. The van der Waals surface area contributed by atoms with E-state index in [-0.39, 0.29) is 6.04 Å². The topological polar surface area (TPSA) is 26.0 Å². The maximum Gasteiger partial charge on any atom is 0.0406 e. The van der Waals surface area contributed by atoms with Crippen LogP contribution in [0.1, 0.15) is 24.4 Å². The van der Waals surface area contributed by atoms with Crippen LogP contribution in [0.5, 0.6) is 0 Å². The fourth-order valence-corrected chi connectivity index (χ4v) is 3.10. The number of nitrogens with two attached hydrogens (primary N) is 1. The van der Waals surface area contributed by atoms with E-state index in [0.717, 1.165) is 22.8 Å². The molecule has 104 valence electrons. The molecule has 0 fully saturated rings. The molecule has 2 aromatic carbocycles. The Balaban J connectivity index is 2.18. The molecule has 0 amide bonds. The lowest BCUT2D eigenvalue weighted by Gasteiger charge is -2.15. The molecule has 1 atom stereocenters. The lowest BCUT2D eigenvalue weighted by Crippen LogP contribution is -2.10. The normalized spacial score (nSPS) is 12.1. The third-order valence-corrected chi connectivity index (χ3v) is 4.39. The summed E-state index contributed by atoms with van der Waals surface area (Å²) in [6.07, 6.45) is 3.76. The first kappa shape index (κ1) is 15.2. The van der Waals surface area contributed by atoms with Crippen molar-refractivity contribution < 1.29 is 0 Å². The molecule has 0 saturated carbocycles. The van der Waals surface area contributed by atoms with Crippen molar-refractivity contribution in [2.75, 3.05) is 0 Å². The number of hydrogen-bond acceptors (Lipinski definition) is 2. The van der Waals surface area contributed by atoms with Crippen molar-refractivity contribution in [2.45, 2.75) is 28.7 Å². The SMILES string of the molecule is C=CCC[C@H](N)c1ccccc1Sc1ccc(Cl)cc1. The Morgan fingerprint density at radius 1 is 1.15 bits per heavy atom. The molecular weight excluding hydrogens is 286 g/mol. The van der Waals surface area contributed by atoms with Gasteiger partial charge in [0.25, 0.3) is 0 Å². The van der Waals surface area contributed by atoms with Gasteiger partial charge in [0, 0.05) is 20.9 Å². The Morgan fingerprint density at radius 2 is 1.85 bits per heavy atom. The monoisotopic (exact) mass is 303 g/mol. The van der Waals surface area contributed by atoms with Crippen LogP contribution in [0.15, 0.2) is 71.0 Å². The van der Waals surface area contributed by atoms with Crippen molar-refractivity contribution in [3.8, 4) is 0 Å². The predicted molar refractivity (Wildman–Crippen MR) is 88.4 cm³/mol. The molecule has 0 heterocycles. The second-order valence-corrected chi connectivity index (χ2v) is 6.12. The summed E-state index contributed by atoms with van der Waals surface area (Å²) in [6.45, 7) is 3.75. The molecule has 0 aliphatic heterocycles. The van der Waals surface area contributed by atoms with Gasteiger partial charge in [-0.2, -0.15) is 0 Å². The average Bonchev–Trinajstić information content (AvgIpc) is 2.48. The van der Waals surface area contributed by atoms with Crippen molar-refractivity contribution in [3.05, 3.63) is 71.8 Å². The Labute approximate surface area is 129 Å². The first-order valence-corrected chi connectivity index (χ1v) is 7.79. The van der Waals surface area contributed by atoms with Crippen LogP contribution >= 0.6 is 23.4 Å². The van der Waals surface area contributed by atoms with Crippen molar-refractivity contribution in [1.29, 1.82) is 0 Å². The van der Waals surface area contributed by atoms with E-state index < -0.39 is 0 Å². The fourth-order valence-electron chi connectivity index (χ4n) is 1.96. The summed E-state index contributed by atoms with van der Waals surface area (Å²) in [5, 5.41) is 0.755. The molecule has 0 aliphatic rings. The number of allylic oxidation sites excluding steroid dienone is 1. The van der Waals surface area contributed by atoms with Crippen LogP contribution in [-0.2, 0) is 0 Å². The first-order chi connectivity index (χ1) is 9.70. The molecule has 0 radical (unpaired) electrons. The Kier molecular flexibility index (Phi) is 5.72. The van der Waals surface area contributed by atoms with Gasteiger partial charge in [-0.25, -0.2) is 0 Å². The van der Waals surface area contributed by atoms with Crippen LogP contribution in [0.25, 0.3) is 0 Å². The summed E-state index contributed by atoms with van der Waals surface area (Å²) >= 11 is 7.64. The second-order valence-electron chi connectivity index (χ2n) is 4.57. The maximum atomic E-state index is 6.28. The summed E-state index contributed by atoms with van der Waals surface area (Å²) < 4.78 is 0. The minimum atomic E-state index is 0.0454. The molecule has 0 aromatic heterocycles. The van der Waals surface area contributed by atoms with E-state index in [1.165, 1.54) is 10.5 Å². The smallest absolute Gasteiger partial charge is 0.0406 e. The number of halogens is 1. The van der Waals surface area contributed by atoms with Gasteiger partial charge in [-0.3, -0.25) is 0 Å². The van der Waals surface area contributed by atoms with Gasteiger partial charge in [0.15, 0.2) is 0 Å². The van der Waals surface area contributed by atoms with E-state index in [9.17, 15) is 0 Å². The zero-order valence-electron chi connectivity index (χ0n) is 11.3. The third-order valence-electron chi connectivity index (χ3n) is 3.04. The highest BCUT2D eigenvalue weighted by molar-refractivity contribution is 7.99. The van der Waals surface area contributed by atoms with Gasteiger partial charge < -0.3 is 5.73 Å². The van der Waals surface area contributed by atoms with Crippen LogP contribution in [0.4, 0.5) is 0 Å². The van der Waals surface area contributed by atoms with Crippen LogP contribution in [0, 0.1) is 0 Å². The van der Waals surface area contributed by atoms with Crippen molar-refractivity contribution in [1.82, 2.24) is 0 Å². The molecule has 2 N–H and O–H groups in total. The standard InChI is InChI=1S/C17H18ClNS/c1-2-3-7-16(19)15-6-4-5-8-17(15)20-14-11-9-13(18)10-12-14/h2,4-6,8-12,16H,1,3,7,19H2/t16-/m0/s1. The van der Waals surface area contributed by atoms with E-state index in [0.29, 0.717) is 0 Å². The molecule has 0 unspecified atom stereocenters. The third kappa shape index (κ3) is 4.14. The van der Waals surface area contributed by atoms with E-state index in [1.807, 2.05) is 42.5 Å². The molecule has 0 spiro atoms.